The third-order valence-corrected chi connectivity index (χ3v) is 4.26. The summed E-state index contributed by atoms with van der Waals surface area (Å²) in [6.45, 7) is 0. The Morgan fingerprint density at radius 3 is 2.73 bits per heavy atom. The second-order valence-corrected chi connectivity index (χ2v) is 5.96. The molecule has 130 valence electrons. The van der Waals surface area contributed by atoms with Gasteiger partial charge in [-0.3, -0.25) is 10.1 Å². The second-order valence-electron chi connectivity index (χ2n) is 5.96. The van der Waals surface area contributed by atoms with Crippen molar-refractivity contribution >= 4 is 33.9 Å². The van der Waals surface area contributed by atoms with E-state index in [1.165, 1.54) is 0 Å². The van der Waals surface area contributed by atoms with Gasteiger partial charge in [-0.15, -0.1) is 10.2 Å². The van der Waals surface area contributed by atoms with Crippen LogP contribution in [0.5, 0.6) is 5.75 Å². The highest BCUT2D eigenvalue weighted by Gasteiger charge is 2.14. The zero-order chi connectivity index (χ0) is 18.1. The Morgan fingerprint density at radius 2 is 1.96 bits per heavy atom. The lowest BCUT2D eigenvalue weighted by atomic mass is 10.1. The zero-order valence-corrected chi connectivity index (χ0v) is 14.4. The van der Waals surface area contributed by atoms with E-state index in [0.717, 1.165) is 22.2 Å². The van der Waals surface area contributed by atoms with Gasteiger partial charge in [0.2, 0.25) is 5.91 Å². The summed E-state index contributed by atoms with van der Waals surface area (Å²) in [7, 11) is 3.53. The third kappa shape index (κ3) is 2.83. The molecule has 0 saturated carbocycles. The normalized spacial score (nSPS) is 11.0. The Bertz CT molecular complexity index is 1110. The molecule has 0 aliphatic rings. The number of ether oxygens (including phenoxy) is 1. The van der Waals surface area contributed by atoms with Gasteiger partial charge in [0.25, 0.3) is 5.95 Å². The largest absolute Gasteiger partial charge is 0.497 e. The van der Waals surface area contributed by atoms with Gasteiger partial charge < -0.3 is 9.30 Å². The number of carbonyl (C=O) groups is 1. The SMILES string of the molecule is COc1ccc2c(c1)c1nnc(NC(=O)Cc3ccccc3)nc1n2C. The van der Waals surface area contributed by atoms with Gasteiger partial charge in [-0.1, -0.05) is 30.3 Å². The Labute approximate surface area is 149 Å². The maximum atomic E-state index is 12.2. The molecule has 0 aliphatic carbocycles. The number of aryl methyl sites for hydroxylation is 1. The van der Waals surface area contributed by atoms with Crippen LogP contribution in [-0.4, -0.2) is 32.8 Å². The molecule has 0 spiro atoms. The Morgan fingerprint density at radius 1 is 1.15 bits per heavy atom. The molecule has 26 heavy (non-hydrogen) atoms. The van der Waals surface area contributed by atoms with Crippen LogP contribution < -0.4 is 10.1 Å². The fourth-order valence-corrected chi connectivity index (χ4v) is 2.97. The van der Waals surface area contributed by atoms with Crippen molar-refractivity contribution in [1.29, 1.82) is 0 Å². The van der Waals surface area contributed by atoms with Crippen molar-refractivity contribution in [2.24, 2.45) is 7.05 Å². The highest BCUT2D eigenvalue weighted by Crippen LogP contribution is 2.28. The number of nitrogens with one attached hydrogen (secondary N) is 1. The van der Waals surface area contributed by atoms with E-state index in [4.69, 9.17) is 4.74 Å². The molecule has 4 aromatic rings. The number of methoxy groups -OCH3 is 1. The molecule has 0 aliphatic heterocycles. The highest BCUT2D eigenvalue weighted by molar-refractivity contribution is 6.05. The summed E-state index contributed by atoms with van der Waals surface area (Å²) >= 11 is 0. The van der Waals surface area contributed by atoms with Gasteiger partial charge in [0.1, 0.15) is 11.3 Å². The Balaban J connectivity index is 1.66. The highest BCUT2D eigenvalue weighted by atomic mass is 16.5. The molecule has 1 amide bonds. The minimum atomic E-state index is -0.183. The summed E-state index contributed by atoms with van der Waals surface area (Å²) in [6, 6.07) is 15.3. The van der Waals surface area contributed by atoms with Gasteiger partial charge in [0, 0.05) is 12.4 Å². The number of fused-ring (bicyclic) bond motifs is 3. The molecule has 7 nitrogen and oxygen atoms in total. The summed E-state index contributed by atoms with van der Waals surface area (Å²) in [4.78, 5) is 16.7. The average molecular weight is 347 g/mol. The van der Waals surface area contributed by atoms with Crippen LogP contribution in [0, 0.1) is 0 Å². The first kappa shape index (κ1) is 16.0. The summed E-state index contributed by atoms with van der Waals surface area (Å²) in [5, 5.41) is 11.9. The summed E-state index contributed by atoms with van der Waals surface area (Å²) in [6.07, 6.45) is 0.258. The first-order valence-electron chi connectivity index (χ1n) is 8.16. The van der Waals surface area contributed by atoms with E-state index in [1.54, 1.807) is 7.11 Å². The summed E-state index contributed by atoms with van der Waals surface area (Å²) < 4.78 is 7.20. The number of amides is 1. The molecule has 0 unspecified atom stereocenters. The number of hydrogen-bond donors (Lipinski definition) is 1. The van der Waals surface area contributed by atoms with E-state index in [2.05, 4.69) is 20.5 Å². The van der Waals surface area contributed by atoms with Gasteiger partial charge in [0.05, 0.1) is 19.0 Å². The molecule has 0 saturated heterocycles. The van der Waals surface area contributed by atoms with Crippen molar-refractivity contribution in [1.82, 2.24) is 19.7 Å². The standard InChI is InChI=1S/C19H17N5O2/c1-24-15-9-8-13(26-2)11-14(15)17-18(24)21-19(23-22-17)20-16(25)10-12-6-4-3-5-7-12/h3-9,11H,10H2,1-2H3,(H,20,21,23,25). The first-order valence-corrected chi connectivity index (χ1v) is 8.16. The number of nitrogens with zero attached hydrogens (tertiary/aromatic N) is 4. The van der Waals surface area contributed by atoms with E-state index < -0.39 is 0 Å². The van der Waals surface area contributed by atoms with E-state index in [0.29, 0.717) is 11.2 Å². The summed E-state index contributed by atoms with van der Waals surface area (Å²) in [5.41, 5.74) is 3.21. The van der Waals surface area contributed by atoms with Crippen LogP contribution in [0.2, 0.25) is 0 Å². The maximum absolute atomic E-state index is 12.2. The molecule has 1 N–H and O–H groups in total. The van der Waals surface area contributed by atoms with E-state index in [1.807, 2.05) is 60.1 Å². The van der Waals surface area contributed by atoms with Crippen molar-refractivity contribution in [2.75, 3.05) is 12.4 Å². The molecular formula is C19H17N5O2. The van der Waals surface area contributed by atoms with Crippen LogP contribution in [0.25, 0.3) is 22.1 Å². The lowest BCUT2D eigenvalue weighted by Crippen LogP contribution is -2.17. The van der Waals surface area contributed by atoms with Crippen LogP contribution in [-0.2, 0) is 18.3 Å². The Kier molecular flexibility index (Phi) is 3.96. The van der Waals surface area contributed by atoms with Crippen molar-refractivity contribution in [3.63, 3.8) is 0 Å². The molecule has 0 fully saturated rings. The molecule has 4 rings (SSSR count). The number of hydrogen-bond acceptors (Lipinski definition) is 5. The van der Waals surface area contributed by atoms with Crippen LogP contribution >= 0.6 is 0 Å². The number of benzene rings is 2. The first-order chi connectivity index (χ1) is 12.7. The quantitative estimate of drug-likeness (QED) is 0.614. The van der Waals surface area contributed by atoms with E-state index >= 15 is 0 Å². The third-order valence-electron chi connectivity index (χ3n) is 4.26. The second kappa shape index (κ2) is 6.44. The molecule has 0 radical (unpaired) electrons. The molecule has 2 aromatic heterocycles. The van der Waals surface area contributed by atoms with Crippen LogP contribution in [0.3, 0.4) is 0 Å². The molecule has 0 bridgehead atoms. The molecule has 2 aromatic carbocycles. The molecular weight excluding hydrogens is 330 g/mol. The van der Waals surface area contributed by atoms with E-state index in [9.17, 15) is 4.79 Å². The van der Waals surface area contributed by atoms with Crippen LogP contribution in [0.1, 0.15) is 5.56 Å². The van der Waals surface area contributed by atoms with Gasteiger partial charge in [-0.25, -0.2) is 0 Å². The smallest absolute Gasteiger partial charge is 0.251 e. The lowest BCUT2D eigenvalue weighted by Gasteiger charge is -2.03. The number of anilines is 1. The lowest BCUT2D eigenvalue weighted by molar-refractivity contribution is -0.115. The van der Waals surface area contributed by atoms with Gasteiger partial charge in [-0.2, -0.15) is 4.98 Å². The topological polar surface area (TPSA) is 81.9 Å². The molecule has 7 heteroatoms. The predicted molar refractivity (Wildman–Crippen MR) is 99.1 cm³/mol. The van der Waals surface area contributed by atoms with Crippen molar-refractivity contribution in [3.05, 3.63) is 54.1 Å². The van der Waals surface area contributed by atoms with Gasteiger partial charge in [-0.05, 0) is 23.8 Å². The number of rotatable bonds is 4. The van der Waals surface area contributed by atoms with Crippen molar-refractivity contribution < 1.29 is 9.53 Å². The molecule has 0 atom stereocenters. The number of carbonyl (C=O) groups excluding carboxylic acids is 1. The van der Waals surface area contributed by atoms with Gasteiger partial charge >= 0.3 is 0 Å². The fourth-order valence-electron chi connectivity index (χ4n) is 2.97. The summed E-state index contributed by atoms with van der Waals surface area (Å²) in [5.74, 6) is 0.751. The predicted octanol–water partition coefficient (Wildman–Crippen LogP) is 2.71. The van der Waals surface area contributed by atoms with Gasteiger partial charge in [0.15, 0.2) is 5.65 Å². The monoisotopic (exact) mass is 347 g/mol. The average Bonchev–Trinajstić information content (AvgIpc) is 2.94. The molecule has 2 heterocycles. The fraction of sp³-hybridized carbons (Fsp3) is 0.158. The maximum Gasteiger partial charge on any atom is 0.251 e. The number of aromatic nitrogens is 4. The minimum Gasteiger partial charge on any atom is -0.497 e. The van der Waals surface area contributed by atoms with Crippen molar-refractivity contribution in [3.8, 4) is 5.75 Å². The van der Waals surface area contributed by atoms with E-state index in [-0.39, 0.29) is 18.3 Å². The Hall–Kier alpha value is -3.48. The van der Waals surface area contributed by atoms with Crippen LogP contribution in [0.15, 0.2) is 48.5 Å². The van der Waals surface area contributed by atoms with Crippen molar-refractivity contribution in [2.45, 2.75) is 6.42 Å². The van der Waals surface area contributed by atoms with Crippen LogP contribution in [0.4, 0.5) is 5.95 Å². The minimum absolute atomic E-state index is 0.183. The zero-order valence-electron chi connectivity index (χ0n) is 14.4.